The summed E-state index contributed by atoms with van der Waals surface area (Å²) in [5, 5.41) is 3.41. The maximum absolute atomic E-state index is 12.0. The number of nitrogens with one attached hydrogen (secondary N) is 1. The van der Waals surface area contributed by atoms with Crippen LogP contribution in [-0.2, 0) is 4.79 Å². The van der Waals surface area contributed by atoms with Crippen molar-refractivity contribution >= 4 is 5.91 Å². The number of carbonyl (C=O) groups is 1. The molecule has 2 atom stereocenters. The molecule has 1 rings (SSSR count). The minimum Gasteiger partial charge on any atom is -0.345 e. The monoisotopic (exact) mass is 238 g/mol. The topological polar surface area (TPSA) is 32.3 Å². The van der Waals surface area contributed by atoms with Gasteiger partial charge in [-0.3, -0.25) is 4.79 Å². The first-order valence-corrected chi connectivity index (χ1v) is 6.70. The van der Waals surface area contributed by atoms with Gasteiger partial charge in [-0.05, 0) is 44.2 Å². The SMILES string of the molecule is C=CCCN(C)C(=O)CC(C)C1CCCNC1. The van der Waals surface area contributed by atoms with Gasteiger partial charge in [-0.25, -0.2) is 0 Å². The highest BCUT2D eigenvalue weighted by Gasteiger charge is 2.22. The van der Waals surface area contributed by atoms with Crippen LogP contribution in [0.2, 0.25) is 0 Å². The Morgan fingerprint density at radius 1 is 1.65 bits per heavy atom. The fourth-order valence-corrected chi connectivity index (χ4v) is 2.37. The van der Waals surface area contributed by atoms with Gasteiger partial charge in [-0.1, -0.05) is 13.0 Å². The molecular formula is C14H26N2O. The Morgan fingerprint density at radius 2 is 2.41 bits per heavy atom. The second-order valence-corrected chi connectivity index (χ2v) is 5.18. The molecule has 0 radical (unpaired) electrons. The quantitative estimate of drug-likeness (QED) is 0.718. The predicted octanol–water partition coefficient (Wildman–Crippen LogP) is 2.05. The molecular weight excluding hydrogens is 212 g/mol. The summed E-state index contributed by atoms with van der Waals surface area (Å²) >= 11 is 0. The molecule has 0 aromatic carbocycles. The fourth-order valence-electron chi connectivity index (χ4n) is 2.37. The van der Waals surface area contributed by atoms with Crippen molar-refractivity contribution < 1.29 is 4.79 Å². The Labute approximate surface area is 105 Å². The Hall–Kier alpha value is -0.830. The third-order valence-corrected chi connectivity index (χ3v) is 3.73. The van der Waals surface area contributed by atoms with Gasteiger partial charge in [0.25, 0.3) is 0 Å². The van der Waals surface area contributed by atoms with Crippen LogP contribution in [0.1, 0.15) is 32.6 Å². The molecule has 1 saturated heterocycles. The lowest BCUT2D eigenvalue weighted by atomic mass is 9.85. The summed E-state index contributed by atoms with van der Waals surface area (Å²) in [6.07, 6.45) is 5.92. The summed E-state index contributed by atoms with van der Waals surface area (Å²) in [6, 6.07) is 0. The van der Waals surface area contributed by atoms with Crippen molar-refractivity contribution in [2.24, 2.45) is 11.8 Å². The van der Waals surface area contributed by atoms with Gasteiger partial charge < -0.3 is 10.2 Å². The summed E-state index contributed by atoms with van der Waals surface area (Å²) in [5.74, 6) is 1.42. The van der Waals surface area contributed by atoms with Crippen LogP contribution in [0.15, 0.2) is 12.7 Å². The number of hydrogen-bond donors (Lipinski definition) is 1. The fraction of sp³-hybridized carbons (Fsp3) is 0.786. The van der Waals surface area contributed by atoms with Crippen molar-refractivity contribution in [2.45, 2.75) is 32.6 Å². The average Bonchev–Trinajstić information content (AvgIpc) is 2.36. The zero-order valence-corrected chi connectivity index (χ0v) is 11.2. The van der Waals surface area contributed by atoms with Crippen molar-refractivity contribution in [2.75, 3.05) is 26.7 Å². The molecule has 0 saturated carbocycles. The molecule has 1 fully saturated rings. The number of nitrogens with zero attached hydrogens (tertiary/aromatic N) is 1. The largest absolute Gasteiger partial charge is 0.345 e. The van der Waals surface area contributed by atoms with Crippen molar-refractivity contribution in [3.05, 3.63) is 12.7 Å². The van der Waals surface area contributed by atoms with Crippen LogP contribution in [0.5, 0.6) is 0 Å². The minimum atomic E-state index is 0.268. The number of amides is 1. The van der Waals surface area contributed by atoms with Gasteiger partial charge in [0.2, 0.25) is 5.91 Å². The summed E-state index contributed by atoms with van der Waals surface area (Å²) < 4.78 is 0. The van der Waals surface area contributed by atoms with Crippen LogP contribution >= 0.6 is 0 Å². The van der Waals surface area contributed by atoms with Crippen molar-refractivity contribution in [1.82, 2.24) is 10.2 Å². The average molecular weight is 238 g/mol. The Kier molecular flexibility index (Phi) is 6.27. The van der Waals surface area contributed by atoms with E-state index >= 15 is 0 Å². The summed E-state index contributed by atoms with van der Waals surface area (Å²) in [5.41, 5.74) is 0. The van der Waals surface area contributed by atoms with Gasteiger partial charge in [-0.15, -0.1) is 6.58 Å². The lowest BCUT2D eigenvalue weighted by Crippen LogP contribution is -2.36. The number of piperidine rings is 1. The second-order valence-electron chi connectivity index (χ2n) is 5.18. The van der Waals surface area contributed by atoms with Crippen LogP contribution in [-0.4, -0.2) is 37.5 Å². The normalized spacial score (nSPS) is 21.9. The first-order chi connectivity index (χ1) is 8.15. The first kappa shape index (κ1) is 14.2. The van der Waals surface area contributed by atoms with E-state index in [1.54, 1.807) is 0 Å². The van der Waals surface area contributed by atoms with E-state index in [1.165, 1.54) is 12.8 Å². The smallest absolute Gasteiger partial charge is 0.222 e. The molecule has 0 aromatic rings. The number of rotatable bonds is 6. The lowest BCUT2D eigenvalue weighted by Gasteiger charge is -2.29. The summed E-state index contributed by atoms with van der Waals surface area (Å²) in [6.45, 7) is 8.88. The van der Waals surface area contributed by atoms with Gasteiger partial charge in [-0.2, -0.15) is 0 Å². The summed E-state index contributed by atoms with van der Waals surface area (Å²) in [4.78, 5) is 13.8. The molecule has 98 valence electrons. The number of carbonyl (C=O) groups excluding carboxylic acids is 1. The molecule has 17 heavy (non-hydrogen) atoms. The molecule has 1 amide bonds. The molecule has 2 unspecified atom stereocenters. The molecule has 1 aliphatic rings. The third kappa shape index (κ3) is 4.90. The van der Waals surface area contributed by atoms with E-state index in [1.807, 2.05) is 18.0 Å². The molecule has 0 aromatic heterocycles. The summed E-state index contributed by atoms with van der Waals surface area (Å²) in [7, 11) is 1.89. The molecule has 0 spiro atoms. The van der Waals surface area contributed by atoms with Gasteiger partial charge >= 0.3 is 0 Å². The molecule has 1 aliphatic heterocycles. The lowest BCUT2D eigenvalue weighted by molar-refractivity contribution is -0.131. The molecule has 1 heterocycles. The van der Waals surface area contributed by atoms with Crippen molar-refractivity contribution in [3.63, 3.8) is 0 Å². The van der Waals surface area contributed by atoms with Gasteiger partial charge in [0.05, 0.1) is 0 Å². The molecule has 0 aliphatic carbocycles. The zero-order chi connectivity index (χ0) is 12.7. The molecule has 1 N–H and O–H groups in total. The first-order valence-electron chi connectivity index (χ1n) is 6.70. The van der Waals surface area contributed by atoms with Crippen LogP contribution in [0, 0.1) is 11.8 Å². The van der Waals surface area contributed by atoms with Gasteiger partial charge in [0.15, 0.2) is 0 Å². The van der Waals surface area contributed by atoms with Crippen LogP contribution in [0.3, 0.4) is 0 Å². The highest BCUT2D eigenvalue weighted by Crippen LogP contribution is 2.22. The second kappa shape index (κ2) is 7.49. The number of hydrogen-bond acceptors (Lipinski definition) is 2. The van der Waals surface area contributed by atoms with Crippen LogP contribution < -0.4 is 5.32 Å². The molecule has 3 nitrogen and oxygen atoms in total. The Bertz CT molecular complexity index is 247. The Morgan fingerprint density at radius 3 is 3.00 bits per heavy atom. The van der Waals surface area contributed by atoms with Gasteiger partial charge in [0.1, 0.15) is 0 Å². The van der Waals surface area contributed by atoms with E-state index in [-0.39, 0.29) is 5.91 Å². The molecule has 3 heteroatoms. The predicted molar refractivity (Wildman–Crippen MR) is 71.8 cm³/mol. The highest BCUT2D eigenvalue weighted by molar-refractivity contribution is 5.76. The van der Waals surface area contributed by atoms with E-state index in [2.05, 4.69) is 18.8 Å². The van der Waals surface area contributed by atoms with Crippen molar-refractivity contribution in [1.29, 1.82) is 0 Å². The molecule has 0 bridgehead atoms. The minimum absolute atomic E-state index is 0.268. The van der Waals surface area contributed by atoms with Crippen molar-refractivity contribution in [3.8, 4) is 0 Å². The van der Waals surface area contributed by atoms with E-state index in [4.69, 9.17) is 0 Å². The highest BCUT2D eigenvalue weighted by atomic mass is 16.2. The maximum Gasteiger partial charge on any atom is 0.222 e. The Balaban J connectivity index is 2.30. The van der Waals surface area contributed by atoms with E-state index < -0.39 is 0 Å². The third-order valence-electron chi connectivity index (χ3n) is 3.73. The maximum atomic E-state index is 12.0. The zero-order valence-electron chi connectivity index (χ0n) is 11.2. The van der Waals surface area contributed by atoms with Crippen LogP contribution in [0.4, 0.5) is 0 Å². The van der Waals surface area contributed by atoms with E-state index in [0.29, 0.717) is 18.3 Å². The van der Waals surface area contributed by atoms with Crippen LogP contribution in [0.25, 0.3) is 0 Å². The van der Waals surface area contributed by atoms with E-state index in [0.717, 1.165) is 26.1 Å². The standard InChI is InChI=1S/C14H26N2O/c1-4-5-9-16(3)14(17)10-12(2)13-7-6-8-15-11-13/h4,12-13,15H,1,5-11H2,2-3H3. The van der Waals surface area contributed by atoms with Gasteiger partial charge in [0, 0.05) is 20.0 Å². The van der Waals surface area contributed by atoms with E-state index in [9.17, 15) is 4.79 Å².